The number of aryl methyl sites for hydroxylation is 2. The van der Waals surface area contributed by atoms with E-state index in [9.17, 15) is 0 Å². The minimum atomic E-state index is -0.0143. The van der Waals surface area contributed by atoms with E-state index in [4.69, 9.17) is 4.74 Å². The molecule has 188 valence electrons. The Labute approximate surface area is 216 Å². The summed E-state index contributed by atoms with van der Waals surface area (Å²) in [6.07, 6.45) is 7.82. The van der Waals surface area contributed by atoms with Crippen LogP contribution in [0.25, 0.3) is 0 Å². The third-order valence-corrected chi connectivity index (χ3v) is 9.24. The predicted octanol–water partition coefficient (Wildman–Crippen LogP) is 7.74. The van der Waals surface area contributed by atoms with E-state index in [0.29, 0.717) is 0 Å². The Morgan fingerprint density at radius 1 is 1.14 bits per heavy atom. The molecule has 3 atom stereocenters. The quantitative estimate of drug-likeness (QED) is 0.339. The van der Waals surface area contributed by atoms with E-state index in [0.717, 1.165) is 51.1 Å². The fourth-order valence-electron chi connectivity index (χ4n) is 5.99. The zero-order valence-corrected chi connectivity index (χ0v) is 23.0. The van der Waals surface area contributed by atoms with E-state index in [-0.39, 0.29) is 17.1 Å². The van der Waals surface area contributed by atoms with E-state index >= 15 is 0 Å². The number of ether oxygens (including phenoxy) is 1. The molecule has 5 rings (SSSR count). The molecule has 2 aliphatic rings. The number of hydrogen-bond donors (Lipinski definition) is 0. The van der Waals surface area contributed by atoms with E-state index in [1.165, 1.54) is 28.0 Å². The molecule has 0 aliphatic carbocycles. The van der Waals surface area contributed by atoms with Crippen molar-refractivity contribution >= 4 is 11.3 Å². The monoisotopic (exact) mass is 490 g/mol. The van der Waals surface area contributed by atoms with Crippen LogP contribution in [0.4, 0.5) is 0 Å². The fraction of sp³-hybridized carbons (Fsp3) is 0.516. The average molecular weight is 491 g/mol. The van der Waals surface area contributed by atoms with Crippen LogP contribution in [0.15, 0.2) is 60.1 Å². The Bertz CT molecular complexity index is 1060. The third kappa shape index (κ3) is 5.26. The zero-order chi connectivity index (χ0) is 24.9. The molecule has 1 aromatic carbocycles. The number of thiophene rings is 1. The number of hydrogen-bond acceptors (Lipinski definition) is 4. The van der Waals surface area contributed by atoms with Gasteiger partial charge >= 0.3 is 0 Å². The Morgan fingerprint density at radius 2 is 1.97 bits per heavy atom. The summed E-state index contributed by atoms with van der Waals surface area (Å²) in [7, 11) is 0. The van der Waals surface area contributed by atoms with E-state index in [2.05, 4.69) is 90.8 Å². The summed E-state index contributed by atoms with van der Waals surface area (Å²) in [5.41, 5.74) is 5.41. The second kappa shape index (κ2) is 11.4. The maximum Gasteiger partial charge on any atom is 0.0896 e. The maximum absolute atomic E-state index is 6.64. The predicted molar refractivity (Wildman–Crippen MR) is 148 cm³/mol. The molecule has 1 saturated heterocycles. The van der Waals surface area contributed by atoms with Crippen molar-refractivity contribution in [2.24, 2.45) is 5.41 Å². The van der Waals surface area contributed by atoms with E-state index in [1.54, 1.807) is 0 Å². The van der Waals surface area contributed by atoms with Gasteiger partial charge in [0.2, 0.25) is 0 Å². The Hall–Kier alpha value is -2.01. The highest BCUT2D eigenvalue weighted by Crippen LogP contribution is 2.52. The van der Waals surface area contributed by atoms with Crippen molar-refractivity contribution in [3.05, 3.63) is 87.4 Å². The second-order valence-corrected chi connectivity index (χ2v) is 11.2. The van der Waals surface area contributed by atoms with Gasteiger partial charge in [-0.2, -0.15) is 0 Å². The molecule has 4 heteroatoms. The first-order chi connectivity index (χ1) is 17.0. The summed E-state index contributed by atoms with van der Waals surface area (Å²) in [6, 6.07) is 17.9. The lowest BCUT2D eigenvalue weighted by Gasteiger charge is -2.44. The maximum atomic E-state index is 6.64. The van der Waals surface area contributed by atoms with Crippen LogP contribution in [0.5, 0.6) is 0 Å². The molecule has 0 bridgehead atoms. The lowest BCUT2D eigenvalue weighted by molar-refractivity contribution is -0.0569. The second-order valence-electron chi connectivity index (χ2n) is 10.1. The molecule has 3 unspecified atom stereocenters. The van der Waals surface area contributed by atoms with Crippen molar-refractivity contribution in [1.29, 1.82) is 0 Å². The molecule has 1 fully saturated rings. The Kier molecular flexibility index (Phi) is 8.46. The first kappa shape index (κ1) is 26.1. The number of fused-ring (bicyclic) bond motifs is 1. The lowest BCUT2D eigenvalue weighted by atomic mass is 9.72. The topological polar surface area (TPSA) is 25.4 Å². The number of likely N-dealkylation sites (tertiary alicyclic amines) is 1. The van der Waals surface area contributed by atoms with Gasteiger partial charge in [0, 0.05) is 34.3 Å². The first-order valence-corrected chi connectivity index (χ1v) is 14.3. The summed E-state index contributed by atoms with van der Waals surface area (Å²) in [5, 5.41) is 2.20. The fourth-order valence-corrected chi connectivity index (χ4v) is 6.70. The average Bonchev–Trinajstić information content (AvgIpc) is 3.59. The van der Waals surface area contributed by atoms with Crippen LogP contribution in [0.2, 0.25) is 0 Å². The number of aromatic nitrogens is 1. The van der Waals surface area contributed by atoms with Crippen LogP contribution < -0.4 is 0 Å². The first-order valence-electron chi connectivity index (χ1n) is 13.4. The molecule has 2 aliphatic heterocycles. The van der Waals surface area contributed by atoms with Crippen molar-refractivity contribution in [2.75, 3.05) is 19.7 Å². The van der Waals surface area contributed by atoms with Crippen LogP contribution in [-0.2, 0) is 23.1 Å². The van der Waals surface area contributed by atoms with Gasteiger partial charge in [-0.3, -0.25) is 9.88 Å². The minimum absolute atomic E-state index is 0.0143. The molecule has 0 N–H and O–H groups in total. The van der Waals surface area contributed by atoms with Crippen molar-refractivity contribution in [3.8, 4) is 0 Å². The normalized spacial score (nSPS) is 23.7. The molecule has 3 aromatic rings. The smallest absolute Gasteiger partial charge is 0.0896 e. The Balaban J connectivity index is 0.00000141. The van der Waals surface area contributed by atoms with Crippen LogP contribution in [0.1, 0.15) is 80.3 Å². The van der Waals surface area contributed by atoms with Gasteiger partial charge in [0.1, 0.15) is 0 Å². The van der Waals surface area contributed by atoms with Gasteiger partial charge in [0.05, 0.1) is 12.7 Å². The number of pyridine rings is 1. The molecule has 0 amide bonds. The molecular weight excluding hydrogens is 448 g/mol. The van der Waals surface area contributed by atoms with E-state index in [1.807, 2.05) is 25.2 Å². The summed E-state index contributed by atoms with van der Waals surface area (Å²) >= 11 is 1.88. The third-order valence-electron chi connectivity index (χ3n) is 8.30. The van der Waals surface area contributed by atoms with Gasteiger partial charge < -0.3 is 4.74 Å². The summed E-state index contributed by atoms with van der Waals surface area (Å²) < 4.78 is 6.64. The van der Waals surface area contributed by atoms with Gasteiger partial charge in [-0.1, -0.05) is 57.2 Å². The standard InChI is InChI=1S/C29H36N2OS.C2H6/c1-4-28(3,24-12-11-22(2)30-20-24)31-17-16-29(21-31,15-13-25-9-7-19-33-25)27-26-10-6-5-8-23(26)14-18-32-27;1-2/h5-12,19-20,27H,4,13-18,21H2,1-3H3;1-2H3. The number of benzene rings is 1. The molecule has 35 heavy (non-hydrogen) atoms. The highest BCUT2D eigenvalue weighted by molar-refractivity contribution is 7.09. The van der Waals surface area contributed by atoms with Crippen LogP contribution in [0.3, 0.4) is 0 Å². The van der Waals surface area contributed by atoms with Crippen molar-refractivity contribution < 1.29 is 4.74 Å². The highest BCUT2D eigenvalue weighted by Gasteiger charge is 2.50. The molecule has 4 heterocycles. The van der Waals surface area contributed by atoms with Gasteiger partial charge in [0.25, 0.3) is 0 Å². The van der Waals surface area contributed by atoms with Gasteiger partial charge in [-0.25, -0.2) is 0 Å². The summed E-state index contributed by atoms with van der Waals surface area (Å²) in [6.45, 7) is 13.8. The molecule has 0 saturated carbocycles. The largest absolute Gasteiger partial charge is 0.373 e. The lowest BCUT2D eigenvalue weighted by Crippen LogP contribution is -2.45. The molecule has 0 radical (unpaired) electrons. The summed E-state index contributed by atoms with van der Waals surface area (Å²) in [4.78, 5) is 8.86. The highest BCUT2D eigenvalue weighted by atomic mass is 32.1. The minimum Gasteiger partial charge on any atom is -0.373 e. The summed E-state index contributed by atoms with van der Waals surface area (Å²) in [5.74, 6) is 0. The van der Waals surface area contributed by atoms with Crippen LogP contribution in [0, 0.1) is 12.3 Å². The van der Waals surface area contributed by atoms with Gasteiger partial charge in [0.15, 0.2) is 0 Å². The van der Waals surface area contributed by atoms with Gasteiger partial charge in [-0.15, -0.1) is 11.3 Å². The van der Waals surface area contributed by atoms with Crippen molar-refractivity contribution in [2.45, 2.75) is 78.4 Å². The van der Waals surface area contributed by atoms with Crippen LogP contribution >= 0.6 is 11.3 Å². The zero-order valence-electron chi connectivity index (χ0n) is 22.2. The molecule has 3 nitrogen and oxygen atoms in total. The Morgan fingerprint density at radius 3 is 2.69 bits per heavy atom. The SMILES string of the molecule is CC.CCC(C)(c1ccc(C)nc1)N1CCC(CCc2cccs2)(C2OCCc3ccccc32)C1. The van der Waals surface area contributed by atoms with E-state index < -0.39 is 0 Å². The van der Waals surface area contributed by atoms with Crippen molar-refractivity contribution in [1.82, 2.24) is 9.88 Å². The van der Waals surface area contributed by atoms with Crippen LogP contribution in [-0.4, -0.2) is 29.6 Å². The molecule has 0 spiro atoms. The van der Waals surface area contributed by atoms with Crippen molar-refractivity contribution in [3.63, 3.8) is 0 Å². The molecular formula is C31H42N2OS. The van der Waals surface area contributed by atoms with Gasteiger partial charge in [-0.05, 0) is 86.7 Å². The number of rotatable bonds is 7. The number of nitrogens with zero attached hydrogens (tertiary/aromatic N) is 2. The molecule has 2 aromatic heterocycles.